The van der Waals surface area contributed by atoms with Gasteiger partial charge >= 0.3 is 11.9 Å². The van der Waals surface area contributed by atoms with Crippen molar-refractivity contribution in [1.82, 2.24) is 4.57 Å². The molecular formula is C17H20BrNO5. The standard InChI is InChI=1S/C17H20BrNO5/c1-5-24-17(21)16-10(2)19(7-6-15(20)23-4)13-9-12(18)14(22-3)8-11(13)16/h8-9H,5-7H2,1-4H3. The summed E-state index contributed by atoms with van der Waals surface area (Å²) in [7, 11) is 2.92. The van der Waals surface area contributed by atoms with Gasteiger partial charge in [0.25, 0.3) is 0 Å². The average molecular weight is 398 g/mol. The van der Waals surface area contributed by atoms with E-state index >= 15 is 0 Å². The van der Waals surface area contributed by atoms with Crippen LogP contribution in [0.4, 0.5) is 0 Å². The monoisotopic (exact) mass is 397 g/mol. The number of rotatable bonds is 6. The summed E-state index contributed by atoms with van der Waals surface area (Å²) >= 11 is 3.46. The first-order valence-electron chi connectivity index (χ1n) is 7.54. The van der Waals surface area contributed by atoms with E-state index in [1.807, 2.05) is 17.6 Å². The number of aryl methyl sites for hydroxylation is 1. The minimum Gasteiger partial charge on any atom is -0.496 e. The largest absolute Gasteiger partial charge is 0.496 e. The number of ether oxygens (including phenoxy) is 3. The molecule has 0 saturated heterocycles. The Kier molecular flexibility index (Phi) is 5.88. The van der Waals surface area contributed by atoms with Crippen molar-refractivity contribution in [2.45, 2.75) is 26.8 Å². The maximum Gasteiger partial charge on any atom is 0.340 e. The van der Waals surface area contributed by atoms with Gasteiger partial charge < -0.3 is 18.8 Å². The van der Waals surface area contributed by atoms with E-state index in [0.29, 0.717) is 24.5 Å². The van der Waals surface area contributed by atoms with E-state index in [0.717, 1.165) is 21.1 Å². The predicted octanol–water partition coefficient (Wildman–Crippen LogP) is 3.46. The van der Waals surface area contributed by atoms with Crippen LogP contribution in [0.15, 0.2) is 16.6 Å². The second-order valence-corrected chi connectivity index (χ2v) is 6.02. The number of methoxy groups -OCH3 is 2. The molecule has 1 aromatic carbocycles. The lowest BCUT2D eigenvalue weighted by Crippen LogP contribution is -2.10. The number of fused-ring (bicyclic) bond motifs is 1. The molecule has 2 aromatic rings. The number of esters is 2. The van der Waals surface area contributed by atoms with Crippen molar-refractivity contribution >= 4 is 38.8 Å². The number of nitrogens with zero attached hydrogens (tertiary/aromatic N) is 1. The topological polar surface area (TPSA) is 66.8 Å². The highest BCUT2D eigenvalue weighted by Crippen LogP contribution is 2.35. The van der Waals surface area contributed by atoms with E-state index in [4.69, 9.17) is 14.2 Å². The summed E-state index contributed by atoms with van der Waals surface area (Å²) in [5.74, 6) is -0.0686. The number of halogens is 1. The summed E-state index contributed by atoms with van der Waals surface area (Å²) in [6.07, 6.45) is 0.215. The minimum atomic E-state index is -0.388. The molecule has 24 heavy (non-hydrogen) atoms. The van der Waals surface area contributed by atoms with Crippen LogP contribution in [-0.2, 0) is 20.8 Å². The van der Waals surface area contributed by atoms with Gasteiger partial charge in [-0.25, -0.2) is 4.79 Å². The molecule has 0 aliphatic rings. The fourth-order valence-corrected chi connectivity index (χ4v) is 3.18. The van der Waals surface area contributed by atoms with Gasteiger partial charge in [0.2, 0.25) is 0 Å². The Bertz CT molecular complexity index is 781. The molecule has 0 atom stereocenters. The highest BCUT2D eigenvalue weighted by molar-refractivity contribution is 9.10. The number of aromatic nitrogens is 1. The second-order valence-electron chi connectivity index (χ2n) is 5.16. The number of carbonyl (C=O) groups is 2. The molecule has 0 N–H and O–H groups in total. The van der Waals surface area contributed by atoms with Gasteiger partial charge in [-0.15, -0.1) is 0 Å². The Morgan fingerprint density at radius 1 is 1.25 bits per heavy atom. The molecular weight excluding hydrogens is 378 g/mol. The Labute approximate surface area is 148 Å². The van der Waals surface area contributed by atoms with Crippen molar-refractivity contribution in [3.8, 4) is 5.75 Å². The summed E-state index contributed by atoms with van der Waals surface area (Å²) in [4.78, 5) is 23.9. The molecule has 0 bridgehead atoms. The van der Waals surface area contributed by atoms with Gasteiger partial charge in [0.05, 0.1) is 42.8 Å². The molecule has 0 unspecified atom stereocenters. The van der Waals surface area contributed by atoms with Crippen LogP contribution in [0, 0.1) is 6.92 Å². The lowest BCUT2D eigenvalue weighted by Gasteiger charge is -2.09. The number of carbonyl (C=O) groups excluding carboxylic acids is 2. The van der Waals surface area contributed by atoms with Crippen LogP contribution in [0.5, 0.6) is 5.75 Å². The lowest BCUT2D eigenvalue weighted by atomic mass is 10.1. The second kappa shape index (κ2) is 7.70. The smallest absolute Gasteiger partial charge is 0.340 e. The fourth-order valence-electron chi connectivity index (χ4n) is 2.69. The van der Waals surface area contributed by atoms with Crippen molar-refractivity contribution < 1.29 is 23.8 Å². The van der Waals surface area contributed by atoms with Gasteiger partial charge in [-0.2, -0.15) is 0 Å². The highest BCUT2D eigenvalue weighted by atomic mass is 79.9. The summed E-state index contributed by atoms with van der Waals surface area (Å²) in [6.45, 7) is 4.30. The van der Waals surface area contributed by atoms with E-state index in [2.05, 4.69) is 15.9 Å². The molecule has 0 spiro atoms. The van der Waals surface area contributed by atoms with Crippen LogP contribution in [0.2, 0.25) is 0 Å². The van der Waals surface area contributed by atoms with E-state index in [-0.39, 0.29) is 18.4 Å². The van der Waals surface area contributed by atoms with Crippen molar-refractivity contribution in [1.29, 1.82) is 0 Å². The Morgan fingerprint density at radius 3 is 2.54 bits per heavy atom. The summed E-state index contributed by atoms with van der Waals surface area (Å²) < 4.78 is 17.9. The zero-order valence-corrected chi connectivity index (χ0v) is 15.7. The molecule has 6 nitrogen and oxygen atoms in total. The van der Waals surface area contributed by atoms with Gasteiger partial charge in [-0.1, -0.05) is 0 Å². The molecule has 1 heterocycles. The van der Waals surface area contributed by atoms with E-state index in [1.165, 1.54) is 7.11 Å². The lowest BCUT2D eigenvalue weighted by molar-refractivity contribution is -0.140. The van der Waals surface area contributed by atoms with Crippen LogP contribution >= 0.6 is 15.9 Å². The molecule has 7 heteroatoms. The molecule has 0 aliphatic heterocycles. The average Bonchev–Trinajstić information content (AvgIpc) is 2.82. The fraction of sp³-hybridized carbons (Fsp3) is 0.412. The molecule has 0 saturated carbocycles. The third kappa shape index (κ3) is 3.40. The minimum absolute atomic E-state index is 0.215. The van der Waals surface area contributed by atoms with Crippen LogP contribution in [0.1, 0.15) is 29.4 Å². The first-order chi connectivity index (χ1) is 11.4. The van der Waals surface area contributed by atoms with Crippen LogP contribution < -0.4 is 4.74 Å². The summed E-state index contributed by atoms with van der Waals surface area (Å²) in [6, 6.07) is 3.68. The number of benzene rings is 1. The van der Waals surface area contributed by atoms with E-state index < -0.39 is 0 Å². The molecule has 0 radical (unpaired) electrons. The van der Waals surface area contributed by atoms with Crippen LogP contribution in [0.25, 0.3) is 10.9 Å². The summed E-state index contributed by atoms with van der Waals surface area (Å²) in [5.41, 5.74) is 2.06. The third-order valence-corrected chi connectivity index (χ3v) is 4.46. The first-order valence-corrected chi connectivity index (χ1v) is 8.34. The van der Waals surface area contributed by atoms with Gasteiger partial charge in [0.15, 0.2) is 0 Å². The summed E-state index contributed by atoms with van der Waals surface area (Å²) in [5, 5.41) is 0.732. The number of hydrogen-bond donors (Lipinski definition) is 0. The van der Waals surface area contributed by atoms with Crippen molar-refractivity contribution in [2.24, 2.45) is 0 Å². The molecule has 0 aliphatic carbocycles. The van der Waals surface area contributed by atoms with Crippen molar-refractivity contribution in [3.05, 3.63) is 27.9 Å². The van der Waals surface area contributed by atoms with Gasteiger partial charge in [0, 0.05) is 17.6 Å². The SMILES string of the molecule is CCOC(=O)c1c(C)n(CCC(=O)OC)c2cc(Br)c(OC)cc12. The van der Waals surface area contributed by atoms with Crippen LogP contribution in [-0.4, -0.2) is 37.3 Å². The maximum absolute atomic E-state index is 12.4. The zero-order valence-electron chi connectivity index (χ0n) is 14.1. The zero-order chi connectivity index (χ0) is 17.9. The normalized spacial score (nSPS) is 10.7. The molecule has 0 fully saturated rings. The van der Waals surface area contributed by atoms with Crippen molar-refractivity contribution in [2.75, 3.05) is 20.8 Å². The van der Waals surface area contributed by atoms with Gasteiger partial charge in [-0.05, 0) is 41.9 Å². The van der Waals surface area contributed by atoms with E-state index in [9.17, 15) is 9.59 Å². The highest BCUT2D eigenvalue weighted by Gasteiger charge is 2.23. The Balaban J connectivity index is 2.63. The van der Waals surface area contributed by atoms with Crippen LogP contribution in [0.3, 0.4) is 0 Å². The van der Waals surface area contributed by atoms with Gasteiger partial charge in [0.1, 0.15) is 5.75 Å². The third-order valence-electron chi connectivity index (χ3n) is 3.84. The first kappa shape index (κ1) is 18.3. The predicted molar refractivity (Wildman–Crippen MR) is 93.5 cm³/mol. The quantitative estimate of drug-likeness (QED) is 0.698. The molecule has 2 rings (SSSR count). The molecule has 1 aromatic heterocycles. The molecule has 0 amide bonds. The maximum atomic E-state index is 12.4. The molecule has 130 valence electrons. The Morgan fingerprint density at radius 2 is 1.96 bits per heavy atom. The van der Waals surface area contributed by atoms with Gasteiger partial charge in [-0.3, -0.25) is 4.79 Å². The Hall–Kier alpha value is -2.02. The number of hydrogen-bond acceptors (Lipinski definition) is 5. The van der Waals surface area contributed by atoms with E-state index in [1.54, 1.807) is 20.1 Å². The van der Waals surface area contributed by atoms with Crippen molar-refractivity contribution in [3.63, 3.8) is 0 Å².